The monoisotopic (exact) mass is 342 g/mol. The highest BCUT2D eigenvalue weighted by molar-refractivity contribution is 5.79. The molecule has 3 heterocycles. The Morgan fingerprint density at radius 2 is 2.04 bits per heavy atom. The number of nitrogens with one attached hydrogen (secondary N) is 2. The van der Waals surface area contributed by atoms with Crippen molar-refractivity contribution in [2.75, 3.05) is 13.1 Å². The molecule has 8 heteroatoms. The van der Waals surface area contributed by atoms with Gasteiger partial charge in [0, 0.05) is 48.8 Å². The van der Waals surface area contributed by atoms with E-state index in [0.717, 1.165) is 6.54 Å². The lowest BCUT2D eigenvalue weighted by Crippen LogP contribution is -2.57. The number of aryl methyl sites for hydroxylation is 1. The van der Waals surface area contributed by atoms with Gasteiger partial charge in [-0.15, -0.1) is 0 Å². The minimum absolute atomic E-state index is 0.0428. The maximum Gasteiger partial charge on any atom is 0.255 e. The lowest BCUT2D eigenvalue weighted by molar-refractivity contribution is -0.134. The Labute approximate surface area is 145 Å². The number of carbonyl (C=O) groups is 1. The smallest absolute Gasteiger partial charge is 0.255 e. The number of aromatic nitrogens is 4. The number of hydrogen-bond donors (Lipinski definition) is 2. The molecule has 0 bridgehead atoms. The van der Waals surface area contributed by atoms with E-state index in [0.29, 0.717) is 29.5 Å². The summed E-state index contributed by atoms with van der Waals surface area (Å²) in [7, 11) is 0. The van der Waals surface area contributed by atoms with Crippen molar-refractivity contribution in [3.63, 3.8) is 0 Å². The zero-order valence-electron chi connectivity index (χ0n) is 14.6. The SMILES string of the molecule is Cc1nc(-c2ncccn2)[nH]c(=O)c1CC(=O)N1CCNC(C)C1C. The standard InChI is InChI=1S/C17H22N6O2/c1-10-12(3)23(8-7-18-10)14(24)9-13-11(2)21-16(22-17(13)25)15-19-5-4-6-20-15/h4-6,10,12,18H,7-9H2,1-3H3,(H,21,22,25). The van der Waals surface area contributed by atoms with E-state index < -0.39 is 0 Å². The first-order valence-corrected chi connectivity index (χ1v) is 8.37. The van der Waals surface area contributed by atoms with Crippen LogP contribution in [0.2, 0.25) is 0 Å². The molecular formula is C17H22N6O2. The van der Waals surface area contributed by atoms with E-state index in [9.17, 15) is 9.59 Å². The number of carbonyl (C=O) groups excluding carboxylic acids is 1. The van der Waals surface area contributed by atoms with E-state index in [-0.39, 0.29) is 30.0 Å². The summed E-state index contributed by atoms with van der Waals surface area (Å²) in [5.41, 5.74) is 0.595. The van der Waals surface area contributed by atoms with Crippen LogP contribution in [0, 0.1) is 6.92 Å². The molecule has 1 aliphatic heterocycles. The topological polar surface area (TPSA) is 104 Å². The zero-order chi connectivity index (χ0) is 18.0. The summed E-state index contributed by atoms with van der Waals surface area (Å²) in [5, 5.41) is 3.34. The first-order valence-electron chi connectivity index (χ1n) is 8.37. The maximum absolute atomic E-state index is 12.7. The lowest BCUT2D eigenvalue weighted by atomic mass is 10.0. The number of aromatic amines is 1. The summed E-state index contributed by atoms with van der Waals surface area (Å²) in [4.78, 5) is 42.2. The van der Waals surface area contributed by atoms with Gasteiger partial charge in [-0.25, -0.2) is 15.0 Å². The second-order valence-electron chi connectivity index (χ2n) is 6.30. The molecule has 0 aromatic carbocycles. The molecule has 2 atom stereocenters. The Hall–Kier alpha value is -2.61. The summed E-state index contributed by atoms with van der Waals surface area (Å²) in [6.07, 6.45) is 3.21. The van der Waals surface area contributed by atoms with Crippen molar-refractivity contribution in [1.82, 2.24) is 30.2 Å². The summed E-state index contributed by atoms with van der Waals surface area (Å²) in [5.74, 6) is 0.605. The first kappa shape index (κ1) is 17.2. The van der Waals surface area contributed by atoms with Crippen LogP contribution >= 0.6 is 0 Å². The largest absolute Gasteiger partial charge is 0.337 e. The van der Waals surface area contributed by atoms with Crippen molar-refractivity contribution in [2.45, 2.75) is 39.3 Å². The highest BCUT2D eigenvalue weighted by atomic mass is 16.2. The Bertz CT molecular complexity index is 820. The van der Waals surface area contributed by atoms with Gasteiger partial charge in [-0.2, -0.15) is 0 Å². The van der Waals surface area contributed by atoms with Gasteiger partial charge in [0.05, 0.1) is 6.42 Å². The minimum atomic E-state index is -0.320. The van der Waals surface area contributed by atoms with Gasteiger partial charge < -0.3 is 15.2 Å². The molecule has 2 unspecified atom stereocenters. The molecule has 2 aromatic heterocycles. The first-order chi connectivity index (χ1) is 12.0. The molecular weight excluding hydrogens is 320 g/mol. The predicted molar refractivity (Wildman–Crippen MR) is 93.0 cm³/mol. The van der Waals surface area contributed by atoms with Gasteiger partial charge in [0.2, 0.25) is 5.91 Å². The third-order valence-electron chi connectivity index (χ3n) is 4.68. The van der Waals surface area contributed by atoms with Gasteiger partial charge in [0.15, 0.2) is 11.6 Å². The average molecular weight is 342 g/mol. The third-order valence-corrected chi connectivity index (χ3v) is 4.68. The molecule has 2 N–H and O–H groups in total. The molecule has 0 radical (unpaired) electrons. The minimum Gasteiger partial charge on any atom is -0.337 e. The van der Waals surface area contributed by atoms with Crippen molar-refractivity contribution >= 4 is 5.91 Å². The Balaban J connectivity index is 1.84. The number of piperazine rings is 1. The van der Waals surface area contributed by atoms with Crippen LogP contribution in [0.25, 0.3) is 11.6 Å². The fourth-order valence-corrected chi connectivity index (χ4v) is 3.01. The van der Waals surface area contributed by atoms with Crippen molar-refractivity contribution in [3.8, 4) is 11.6 Å². The Morgan fingerprint density at radius 1 is 1.32 bits per heavy atom. The fraction of sp³-hybridized carbons (Fsp3) is 0.471. The van der Waals surface area contributed by atoms with Gasteiger partial charge in [-0.1, -0.05) is 0 Å². The van der Waals surface area contributed by atoms with Crippen LogP contribution in [-0.2, 0) is 11.2 Å². The number of hydrogen-bond acceptors (Lipinski definition) is 6. The van der Waals surface area contributed by atoms with Crippen LogP contribution in [0.1, 0.15) is 25.1 Å². The van der Waals surface area contributed by atoms with Crippen molar-refractivity contribution in [3.05, 3.63) is 40.1 Å². The van der Waals surface area contributed by atoms with Crippen LogP contribution in [-0.4, -0.2) is 55.9 Å². The third kappa shape index (κ3) is 3.58. The lowest BCUT2D eigenvalue weighted by Gasteiger charge is -2.38. The van der Waals surface area contributed by atoms with Crippen LogP contribution in [0.5, 0.6) is 0 Å². The van der Waals surface area contributed by atoms with Crippen LogP contribution in [0.3, 0.4) is 0 Å². The number of H-pyrrole nitrogens is 1. The molecule has 1 fully saturated rings. The second-order valence-corrected chi connectivity index (χ2v) is 6.30. The molecule has 1 aliphatic rings. The highest BCUT2D eigenvalue weighted by Crippen LogP contribution is 2.13. The van der Waals surface area contributed by atoms with Gasteiger partial charge >= 0.3 is 0 Å². The summed E-state index contributed by atoms with van der Waals surface area (Å²) >= 11 is 0. The van der Waals surface area contributed by atoms with Gasteiger partial charge in [-0.05, 0) is 26.8 Å². The molecule has 1 saturated heterocycles. The summed E-state index contributed by atoms with van der Waals surface area (Å²) in [6, 6.07) is 2.01. The summed E-state index contributed by atoms with van der Waals surface area (Å²) < 4.78 is 0. The van der Waals surface area contributed by atoms with Crippen LogP contribution in [0.4, 0.5) is 0 Å². The van der Waals surface area contributed by atoms with E-state index in [1.54, 1.807) is 25.4 Å². The Kier molecular flexibility index (Phi) is 4.89. The molecule has 1 amide bonds. The van der Waals surface area contributed by atoms with Crippen molar-refractivity contribution in [2.24, 2.45) is 0 Å². The molecule has 8 nitrogen and oxygen atoms in total. The maximum atomic E-state index is 12.7. The van der Waals surface area contributed by atoms with Gasteiger partial charge in [0.1, 0.15) is 0 Å². The van der Waals surface area contributed by atoms with E-state index in [1.807, 2.05) is 11.8 Å². The molecule has 3 rings (SSSR count). The number of rotatable bonds is 3. The molecule has 2 aromatic rings. The van der Waals surface area contributed by atoms with Gasteiger partial charge in [-0.3, -0.25) is 9.59 Å². The normalized spacial score (nSPS) is 20.5. The molecule has 0 saturated carbocycles. The fourth-order valence-electron chi connectivity index (χ4n) is 3.01. The predicted octanol–water partition coefficient (Wildman–Crippen LogP) is 0.287. The van der Waals surface area contributed by atoms with E-state index in [2.05, 4.69) is 32.2 Å². The van der Waals surface area contributed by atoms with Crippen LogP contribution < -0.4 is 10.9 Å². The highest BCUT2D eigenvalue weighted by Gasteiger charge is 2.28. The van der Waals surface area contributed by atoms with E-state index >= 15 is 0 Å². The average Bonchev–Trinajstić information content (AvgIpc) is 2.61. The van der Waals surface area contributed by atoms with Crippen molar-refractivity contribution < 1.29 is 4.79 Å². The Morgan fingerprint density at radius 3 is 2.72 bits per heavy atom. The van der Waals surface area contributed by atoms with Crippen molar-refractivity contribution in [1.29, 1.82) is 0 Å². The molecule has 25 heavy (non-hydrogen) atoms. The van der Waals surface area contributed by atoms with E-state index in [4.69, 9.17) is 0 Å². The molecule has 0 aliphatic carbocycles. The summed E-state index contributed by atoms with van der Waals surface area (Å²) in [6.45, 7) is 7.20. The molecule has 0 spiro atoms. The molecule has 132 valence electrons. The quantitative estimate of drug-likeness (QED) is 0.831. The number of amides is 1. The van der Waals surface area contributed by atoms with Crippen LogP contribution in [0.15, 0.2) is 23.3 Å². The van der Waals surface area contributed by atoms with E-state index in [1.165, 1.54) is 0 Å². The number of nitrogens with zero attached hydrogens (tertiary/aromatic N) is 4. The van der Waals surface area contributed by atoms with Gasteiger partial charge in [0.25, 0.3) is 5.56 Å². The second kappa shape index (κ2) is 7.10. The zero-order valence-corrected chi connectivity index (χ0v) is 14.6.